The van der Waals surface area contributed by atoms with E-state index >= 15 is 0 Å². The molecule has 0 saturated heterocycles. The zero-order valence-corrected chi connectivity index (χ0v) is 8.58. The highest BCUT2D eigenvalue weighted by atomic mass is 17.1. The van der Waals surface area contributed by atoms with Crippen LogP contribution in [0.15, 0.2) is 36.4 Å². The van der Waals surface area contributed by atoms with Crippen LogP contribution in [-0.4, -0.2) is 12.4 Å². The summed E-state index contributed by atoms with van der Waals surface area (Å²) >= 11 is 0. The van der Waals surface area contributed by atoms with Gasteiger partial charge in [-0.05, 0) is 11.5 Å². The molecule has 0 amide bonds. The van der Waals surface area contributed by atoms with Crippen molar-refractivity contribution in [1.82, 2.24) is 0 Å². The third-order valence-electron chi connectivity index (χ3n) is 2.35. The van der Waals surface area contributed by atoms with Crippen molar-refractivity contribution in [3.8, 4) is 5.75 Å². The van der Waals surface area contributed by atoms with E-state index in [1.165, 1.54) is 6.07 Å². The molecule has 0 spiro atoms. The molecule has 0 aliphatic rings. The summed E-state index contributed by atoms with van der Waals surface area (Å²) in [5.74, 6) is -1.08. The highest BCUT2D eigenvalue weighted by Gasteiger charge is 2.18. The molecule has 0 unspecified atom stereocenters. The van der Waals surface area contributed by atoms with E-state index in [1.54, 1.807) is 30.3 Å². The Hall–Kier alpha value is -2.40. The summed E-state index contributed by atoms with van der Waals surface area (Å²) in [5, 5.41) is 11.5. The Labute approximate surface area is 96.1 Å². The quantitative estimate of drug-likeness (QED) is 0.459. The van der Waals surface area contributed by atoms with Gasteiger partial charge in [-0.1, -0.05) is 30.3 Å². The Morgan fingerprint density at radius 2 is 1.88 bits per heavy atom. The van der Waals surface area contributed by atoms with Crippen LogP contribution >= 0.6 is 0 Å². The third kappa shape index (κ3) is 1.95. The summed E-state index contributed by atoms with van der Waals surface area (Å²) in [7, 11) is 0. The molecule has 0 aromatic heterocycles. The van der Waals surface area contributed by atoms with E-state index in [2.05, 4.69) is 9.62 Å². The molecule has 85 valence electrons. The fraction of sp³-hybridized carbons (Fsp3) is 0. The van der Waals surface area contributed by atoms with Crippen LogP contribution in [0.1, 0.15) is 10.4 Å². The second kappa shape index (κ2) is 4.63. The molecule has 0 bridgehead atoms. The lowest BCUT2D eigenvalue weighted by Gasteiger charge is -2.07. The van der Waals surface area contributed by atoms with E-state index < -0.39 is 5.97 Å². The molecule has 2 rings (SSSR count). The minimum atomic E-state index is -1.08. The van der Waals surface area contributed by atoms with Crippen LogP contribution in [0.2, 0.25) is 0 Å². The smallest absolute Gasteiger partial charge is 0.380 e. The standard InChI is InChI=1S/C12H7O5/c13-7-16-10-6-5-8-3-1-2-4-9(8)11(10)12(14)17-15/h1-7H. The minimum Gasteiger partial charge on any atom is -0.428 e. The van der Waals surface area contributed by atoms with E-state index in [1.807, 2.05) is 0 Å². The summed E-state index contributed by atoms with van der Waals surface area (Å²) in [6, 6.07) is 10.0. The molecule has 5 heteroatoms. The Bertz CT molecular complexity index is 576. The number of fused-ring (bicyclic) bond motifs is 1. The third-order valence-corrected chi connectivity index (χ3v) is 2.35. The first-order valence-corrected chi connectivity index (χ1v) is 4.74. The average molecular weight is 231 g/mol. The minimum absolute atomic E-state index is 0.000417. The first-order valence-electron chi connectivity index (χ1n) is 4.74. The molecule has 1 radical (unpaired) electrons. The Morgan fingerprint density at radius 1 is 1.12 bits per heavy atom. The lowest BCUT2D eigenvalue weighted by Crippen LogP contribution is -2.05. The van der Waals surface area contributed by atoms with Crippen molar-refractivity contribution in [3.63, 3.8) is 0 Å². The predicted octanol–water partition coefficient (Wildman–Crippen LogP) is 1.88. The molecule has 0 saturated carbocycles. The molecule has 2 aromatic carbocycles. The van der Waals surface area contributed by atoms with Crippen LogP contribution in [0.25, 0.3) is 10.8 Å². The van der Waals surface area contributed by atoms with E-state index in [4.69, 9.17) is 0 Å². The summed E-state index contributed by atoms with van der Waals surface area (Å²) in [6.07, 6.45) is 0. The van der Waals surface area contributed by atoms with Gasteiger partial charge in [0.1, 0.15) is 11.3 Å². The molecule has 5 nitrogen and oxygen atoms in total. The van der Waals surface area contributed by atoms with Crippen LogP contribution in [-0.2, 0) is 14.9 Å². The number of rotatable bonds is 3. The summed E-state index contributed by atoms with van der Waals surface area (Å²) in [6.45, 7) is 0.186. The average Bonchev–Trinajstić information content (AvgIpc) is 2.38. The predicted molar refractivity (Wildman–Crippen MR) is 56.7 cm³/mol. The zero-order valence-electron chi connectivity index (χ0n) is 8.58. The van der Waals surface area contributed by atoms with Gasteiger partial charge >= 0.3 is 5.97 Å². The SMILES string of the molecule is [O]OC(=O)c1c(OC=O)ccc2ccccc12. The van der Waals surface area contributed by atoms with E-state index in [0.717, 1.165) is 5.39 Å². The lowest BCUT2D eigenvalue weighted by molar-refractivity contribution is -0.245. The fourth-order valence-corrected chi connectivity index (χ4v) is 1.65. The van der Waals surface area contributed by atoms with Crippen molar-refractivity contribution in [2.45, 2.75) is 0 Å². The van der Waals surface area contributed by atoms with Gasteiger partial charge in [-0.2, -0.15) is 0 Å². The molecule has 0 N–H and O–H groups in total. The fourth-order valence-electron chi connectivity index (χ4n) is 1.65. The second-order valence-corrected chi connectivity index (χ2v) is 3.24. The summed E-state index contributed by atoms with van der Waals surface area (Å²) < 4.78 is 4.65. The normalized spacial score (nSPS) is 9.94. The van der Waals surface area contributed by atoms with Crippen molar-refractivity contribution in [1.29, 1.82) is 0 Å². The van der Waals surface area contributed by atoms with Gasteiger partial charge in [0, 0.05) is 10.6 Å². The number of carbonyl (C=O) groups is 2. The molecular weight excluding hydrogens is 224 g/mol. The molecule has 2 aromatic rings. The first-order chi connectivity index (χ1) is 8.27. The van der Waals surface area contributed by atoms with Crippen molar-refractivity contribution in [2.75, 3.05) is 0 Å². The molecule has 0 fully saturated rings. The number of hydrogen-bond acceptors (Lipinski definition) is 4. The largest absolute Gasteiger partial charge is 0.428 e. The monoisotopic (exact) mass is 231 g/mol. The number of carbonyl (C=O) groups excluding carboxylic acids is 2. The van der Waals surface area contributed by atoms with Gasteiger partial charge in [-0.3, -0.25) is 9.68 Å². The van der Waals surface area contributed by atoms with Crippen molar-refractivity contribution in [2.24, 2.45) is 0 Å². The van der Waals surface area contributed by atoms with Crippen LogP contribution in [0.3, 0.4) is 0 Å². The molecule has 17 heavy (non-hydrogen) atoms. The Morgan fingerprint density at radius 3 is 2.59 bits per heavy atom. The Kier molecular flexibility index (Phi) is 3.02. The summed E-state index contributed by atoms with van der Waals surface area (Å²) in [4.78, 5) is 25.2. The molecule has 0 aliphatic carbocycles. The topological polar surface area (TPSA) is 72.5 Å². The van der Waals surface area contributed by atoms with Gasteiger partial charge in [0.25, 0.3) is 6.47 Å². The van der Waals surface area contributed by atoms with Gasteiger partial charge in [0.15, 0.2) is 0 Å². The lowest BCUT2D eigenvalue weighted by atomic mass is 10.0. The summed E-state index contributed by atoms with van der Waals surface area (Å²) in [5.41, 5.74) is -0.0507. The molecule has 0 aliphatic heterocycles. The number of benzene rings is 2. The van der Waals surface area contributed by atoms with Gasteiger partial charge in [-0.25, -0.2) is 4.79 Å². The van der Waals surface area contributed by atoms with E-state index in [-0.39, 0.29) is 17.8 Å². The maximum Gasteiger partial charge on any atom is 0.380 e. The van der Waals surface area contributed by atoms with Crippen LogP contribution in [0.4, 0.5) is 0 Å². The highest BCUT2D eigenvalue weighted by molar-refractivity contribution is 6.07. The van der Waals surface area contributed by atoms with Gasteiger partial charge in [0.05, 0.1) is 0 Å². The zero-order chi connectivity index (χ0) is 12.3. The maximum atomic E-state index is 11.4. The van der Waals surface area contributed by atoms with Gasteiger partial charge < -0.3 is 4.74 Å². The van der Waals surface area contributed by atoms with Crippen LogP contribution < -0.4 is 4.74 Å². The van der Waals surface area contributed by atoms with E-state index in [9.17, 15) is 14.8 Å². The van der Waals surface area contributed by atoms with Crippen LogP contribution in [0.5, 0.6) is 5.75 Å². The van der Waals surface area contributed by atoms with Crippen molar-refractivity contribution < 1.29 is 24.5 Å². The van der Waals surface area contributed by atoms with Crippen molar-refractivity contribution >= 4 is 23.2 Å². The van der Waals surface area contributed by atoms with Crippen molar-refractivity contribution in [3.05, 3.63) is 42.0 Å². The van der Waals surface area contributed by atoms with E-state index in [0.29, 0.717) is 5.39 Å². The van der Waals surface area contributed by atoms with Gasteiger partial charge in [0.2, 0.25) is 0 Å². The van der Waals surface area contributed by atoms with Crippen LogP contribution in [0, 0.1) is 0 Å². The molecule has 0 atom stereocenters. The number of hydrogen-bond donors (Lipinski definition) is 0. The molecule has 0 heterocycles. The first kappa shape index (κ1) is 11.1. The molecular formula is C12H7O5. The maximum absolute atomic E-state index is 11.4. The van der Waals surface area contributed by atoms with Gasteiger partial charge in [-0.15, -0.1) is 0 Å². The second-order valence-electron chi connectivity index (χ2n) is 3.24. The highest BCUT2D eigenvalue weighted by Crippen LogP contribution is 2.28. The number of ether oxygens (including phenoxy) is 1. The Balaban J connectivity index is 2.74.